The van der Waals surface area contributed by atoms with E-state index in [4.69, 9.17) is 0 Å². The van der Waals surface area contributed by atoms with Crippen molar-refractivity contribution in [3.63, 3.8) is 0 Å². The summed E-state index contributed by atoms with van der Waals surface area (Å²) >= 11 is 2.02. The van der Waals surface area contributed by atoms with Crippen molar-refractivity contribution in [2.45, 2.75) is 64.2 Å². The van der Waals surface area contributed by atoms with Crippen LogP contribution in [0, 0.1) is 25.7 Å². The van der Waals surface area contributed by atoms with E-state index in [1.807, 2.05) is 11.8 Å². The number of nitrogens with zero attached hydrogens (tertiary/aromatic N) is 1. The van der Waals surface area contributed by atoms with Gasteiger partial charge in [0.2, 0.25) is 5.69 Å². The summed E-state index contributed by atoms with van der Waals surface area (Å²) < 4.78 is 2.35. The minimum absolute atomic E-state index is 0.615. The normalized spacial score (nSPS) is 12.9. The zero-order chi connectivity index (χ0) is 22.7. The van der Waals surface area contributed by atoms with Gasteiger partial charge in [-0.2, -0.15) is 0 Å². The van der Waals surface area contributed by atoms with Crippen molar-refractivity contribution in [2.75, 3.05) is 0 Å². The quantitative estimate of drug-likeness (QED) is 0.256. The molecule has 0 unspecified atom stereocenters. The molecule has 0 atom stereocenters. The highest BCUT2D eigenvalue weighted by Gasteiger charge is 2.32. The average molecular weight is 441 g/mol. The van der Waals surface area contributed by atoms with Gasteiger partial charge in [-0.3, -0.25) is 0 Å². The van der Waals surface area contributed by atoms with Crippen molar-refractivity contribution < 1.29 is 4.57 Å². The number of hydrogen-bond acceptors (Lipinski definition) is 1. The number of fused-ring (bicyclic) bond motifs is 3. The topological polar surface area (TPSA) is 3.88 Å². The molecule has 0 saturated heterocycles. The monoisotopic (exact) mass is 440 g/mol. The predicted octanol–water partition coefficient (Wildman–Crippen LogP) is 7.96. The number of pyridine rings is 1. The van der Waals surface area contributed by atoms with Gasteiger partial charge in [0.1, 0.15) is 7.05 Å². The van der Waals surface area contributed by atoms with Gasteiger partial charge < -0.3 is 0 Å². The Kier molecular flexibility index (Phi) is 5.33. The van der Waals surface area contributed by atoms with Crippen molar-refractivity contribution >= 4 is 33.3 Å². The van der Waals surface area contributed by atoms with Crippen LogP contribution < -0.4 is 4.57 Å². The molecule has 2 heteroatoms. The highest BCUT2D eigenvalue weighted by molar-refractivity contribution is 7.99. The van der Waals surface area contributed by atoms with Crippen molar-refractivity contribution in [3.05, 3.63) is 64.8 Å². The van der Waals surface area contributed by atoms with Crippen LogP contribution in [0.3, 0.4) is 0 Å². The maximum Gasteiger partial charge on any atom is 0.222 e. The van der Waals surface area contributed by atoms with E-state index in [2.05, 4.69) is 95.8 Å². The summed E-state index contributed by atoms with van der Waals surface area (Å²) in [6.45, 7) is 13.9. The molecule has 1 aliphatic rings. The van der Waals surface area contributed by atoms with E-state index in [-0.39, 0.29) is 0 Å². The van der Waals surface area contributed by atoms with Crippen LogP contribution in [-0.2, 0) is 19.9 Å². The average Bonchev–Trinajstić information content (AvgIpc) is 2.72. The Labute approximate surface area is 196 Å². The Hall–Kier alpha value is -2.32. The van der Waals surface area contributed by atoms with E-state index >= 15 is 0 Å². The summed E-state index contributed by atoms with van der Waals surface area (Å²) in [6.07, 6.45) is 4.49. The number of rotatable bonds is 4. The third kappa shape index (κ3) is 3.44. The van der Waals surface area contributed by atoms with Crippen LogP contribution in [0.4, 0.5) is 0 Å². The smallest absolute Gasteiger partial charge is 0.200 e. The van der Waals surface area contributed by atoms with Crippen LogP contribution in [0.2, 0.25) is 0 Å². The lowest BCUT2D eigenvalue weighted by atomic mass is 9.87. The van der Waals surface area contributed by atoms with E-state index in [0.717, 1.165) is 12.8 Å². The Morgan fingerprint density at radius 1 is 0.875 bits per heavy atom. The number of aryl methyl sites for hydroxylation is 3. The molecule has 4 aromatic rings. The minimum Gasteiger partial charge on any atom is -0.200 e. The van der Waals surface area contributed by atoms with E-state index < -0.39 is 0 Å². The molecule has 1 aromatic heterocycles. The van der Waals surface area contributed by atoms with E-state index in [1.165, 1.54) is 64.8 Å². The lowest BCUT2D eigenvalue weighted by molar-refractivity contribution is -0.659. The molecule has 5 rings (SSSR count). The van der Waals surface area contributed by atoms with Crippen LogP contribution in [0.1, 0.15) is 49.9 Å². The number of hydrogen-bond donors (Lipinski definition) is 0. The highest BCUT2D eigenvalue weighted by Crippen LogP contribution is 2.52. The fourth-order valence-corrected chi connectivity index (χ4v) is 6.84. The molecule has 32 heavy (non-hydrogen) atoms. The van der Waals surface area contributed by atoms with Crippen molar-refractivity contribution in [1.82, 2.24) is 0 Å². The van der Waals surface area contributed by atoms with Gasteiger partial charge in [-0.15, -0.1) is 0 Å². The van der Waals surface area contributed by atoms with E-state index in [9.17, 15) is 0 Å². The minimum atomic E-state index is 0.615. The molecule has 2 heterocycles. The number of aromatic nitrogens is 1. The second kappa shape index (κ2) is 7.92. The van der Waals surface area contributed by atoms with Crippen LogP contribution in [0.25, 0.3) is 32.8 Å². The molecule has 0 amide bonds. The standard InChI is InChI=1S/C30H34NS/c1-17(2)12-21-15-22-10-11-31(7)29-27-20(6)23-9-8-19(5)14-24(23)25(13-18(3)4)30(27)32-26(16-21)28(22)29/h8-11,14-18H,12-13H2,1-7H3/q+1. The van der Waals surface area contributed by atoms with Gasteiger partial charge in [-0.25, -0.2) is 4.57 Å². The second-order valence-electron chi connectivity index (χ2n) is 10.5. The predicted molar refractivity (Wildman–Crippen MR) is 139 cm³/mol. The molecule has 1 aliphatic heterocycles. The molecule has 0 saturated carbocycles. The first-order valence-corrected chi connectivity index (χ1v) is 12.8. The molecule has 0 radical (unpaired) electrons. The SMILES string of the molecule is Cc1ccc2c(C)c3c(c(CC(C)C)c2c1)Sc1cc(CC(C)C)cc2cc[n+](C)c-3c12. The van der Waals surface area contributed by atoms with Crippen LogP contribution in [0.5, 0.6) is 0 Å². The van der Waals surface area contributed by atoms with E-state index in [1.54, 1.807) is 0 Å². The first-order chi connectivity index (χ1) is 15.2. The first-order valence-electron chi connectivity index (χ1n) is 11.9. The maximum absolute atomic E-state index is 2.47. The summed E-state index contributed by atoms with van der Waals surface area (Å²) in [5.74, 6) is 1.27. The molecule has 0 fully saturated rings. The zero-order valence-electron chi connectivity index (χ0n) is 20.5. The van der Waals surface area contributed by atoms with Crippen LogP contribution in [-0.4, -0.2) is 0 Å². The van der Waals surface area contributed by atoms with E-state index in [0.29, 0.717) is 11.8 Å². The van der Waals surface area contributed by atoms with Gasteiger partial charge in [0.25, 0.3) is 0 Å². The summed E-state index contributed by atoms with van der Waals surface area (Å²) in [4.78, 5) is 2.90. The van der Waals surface area contributed by atoms with Crippen molar-refractivity contribution in [3.8, 4) is 11.3 Å². The molecule has 0 N–H and O–H groups in total. The molecule has 1 nitrogen and oxygen atoms in total. The molecular formula is C30H34NS+. The lowest BCUT2D eigenvalue weighted by Crippen LogP contribution is -2.32. The Bertz CT molecular complexity index is 1380. The van der Waals surface area contributed by atoms with Crippen LogP contribution >= 0.6 is 11.8 Å². The van der Waals surface area contributed by atoms with Gasteiger partial charge >= 0.3 is 0 Å². The largest absolute Gasteiger partial charge is 0.222 e. The third-order valence-electron chi connectivity index (χ3n) is 6.75. The molecule has 0 bridgehead atoms. The van der Waals surface area contributed by atoms with Crippen LogP contribution in [0.15, 0.2) is 52.4 Å². The zero-order valence-corrected chi connectivity index (χ0v) is 21.3. The molecule has 0 aliphatic carbocycles. The van der Waals surface area contributed by atoms with Gasteiger partial charge in [0.05, 0.1) is 10.9 Å². The molecule has 0 spiro atoms. The molecule has 164 valence electrons. The van der Waals surface area contributed by atoms with Crippen molar-refractivity contribution in [1.29, 1.82) is 0 Å². The second-order valence-corrected chi connectivity index (χ2v) is 11.5. The molecule has 3 aromatic carbocycles. The van der Waals surface area contributed by atoms with Gasteiger partial charge in [-0.05, 0) is 77.4 Å². The summed E-state index contributed by atoms with van der Waals surface area (Å²) in [6, 6.07) is 14.2. The highest BCUT2D eigenvalue weighted by atomic mass is 32.2. The fourth-order valence-electron chi connectivity index (χ4n) is 5.43. The summed E-state index contributed by atoms with van der Waals surface area (Å²) in [5.41, 5.74) is 8.56. The first kappa shape index (κ1) is 21.5. The van der Waals surface area contributed by atoms with Gasteiger partial charge in [-0.1, -0.05) is 69.3 Å². The summed E-state index contributed by atoms with van der Waals surface area (Å²) in [7, 11) is 2.21. The number of benzene rings is 3. The lowest BCUT2D eigenvalue weighted by Gasteiger charge is -2.26. The summed E-state index contributed by atoms with van der Waals surface area (Å²) in [5, 5.41) is 5.64. The fraction of sp³-hybridized carbons (Fsp3) is 0.367. The van der Waals surface area contributed by atoms with Gasteiger partial charge in [0, 0.05) is 15.9 Å². The Morgan fingerprint density at radius 3 is 2.34 bits per heavy atom. The Morgan fingerprint density at radius 2 is 1.62 bits per heavy atom. The third-order valence-corrected chi connectivity index (χ3v) is 7.94. The maximum atomic E-state index is 2.47. The molecular weight excluding hydrogens is 406 g/mol. The Balaban J connectivity index is 1.91. The van der Waals surface area contributed by atoms with Gasteiger partial charge in [0.15, 0.2) is 6.20 Å². The van der Waals surface area contributed by atoms with Crippen molar-refractivity contribution in [2.24, 2.45) is 18.9 Å².